The molecule has 0 amide bonds. The van der Waals surface area contributed by atoms with Gasteiger partial charge in [-0.1, -0.05) is 6.92 Å². The van der Waals surface area contributed by atoms with Crippen molar-refractivity contribution < 1.29 is 0 Å². The van der Waals surface area contributed by atoms with Crippen molar-refractivity contribution in [2.75, 3.05) is 13.1 Å². The van der Waals surface area contributed by atoms with Gasteiger partial charge in [0.15, 0.2) is 6.19 Å². The quantitative estimate of drug-likeness (QED) is 0.468. The average molecular weight is 136 g/mol. The van der Waals surface area contributed by atoms with Crippen LogP contribution in [0.25, 0.3) is 0 Å². The lowest BCUT2D eigenvalue weighted by molar-refractivity contribution is 0.425. The van der Waals surface area contributed by atoms with Gasteiger partial charge in [0.05, 0.1) is 0 Å². The average Bonchev–Trinajstić information content (AvgIpc) is 2.60. The Kier molecular flexibility index (Phi) is 1.00. The summed E-state index contributed by atoms with van der Waals surface area (Å²) in [4.78, 5) is 1.90. The lowest BCUT2D eigenvalue weighted by atomic mass is 9.95. The van der Waals surface area contributed by atoms with E-state index in [0.717, 1.165) is 19.0 Å². The monoisotopic (exact) mass is 136 g/mol. The molecule has 1 heterocycles. The first kappa shape index (κ1) is 6.03. The van der Waals surface area contributed by atoms with Crippen LogP contribution in [-0.4, -0.2) is 18.0 Å². The highest BCUT2D eigenvalue weighted by molar-refractivity contribution is 5.06. The first-order chi connectivity index (χ1) is 4.77. The van der Waals surface area contributed by atoms with E-state index in [9.17, 15) is 0 Å². The van der Waals surface area contributed by atoms with Gasteiger partial charge >= 0.3 is 0 Å². The summed E-state index contributed by atoms with van der Waals surface area (Å²) in [5, 5.41) is 8.62. The van der Waals surface area contributed by atoms with Crippen LogP contribution >= 0.6 is 0 Å². The molecule has 2 rings (SSSR count). The Morgan fingerprint density at radius 1 is 1.60 bits per heavy atom. The Morgan fingerprint density at radius 3 is 2.60 bits per heavy atom. The van der Waals surface area contributed by atoms with E-state index in [0.29, 0.717) is 5.41 Å². The van der Waals surface area contributed by atoms with E-state index < -0.39 is 0 Å². The lowest BCUT2D eigenvalue weighted by Gasteiger charge is -2.07. The Labute approximate surface area is 61.4 Å². The van der Waals surface area contributed by atoms with Crippen molar-refractivity contribution in [2.24, 2.45) is 11.3 Å². The molecule has 0 aromatic rings. The molecule has 0 aromatic carbocycles. The topological polar surface area (TPSA) is 27.0 Å². The van der Waals surface area contributed by atoms with Gasteiger partial charge in [0.2, 0.25) is 0 Å². The Morgan fingerprint density at radius 2 is 2.30 bits per heavy atom. The third-order valence-corrected chi connectivity index (χ3v) is 3.08. The van der Waals surface area contributed by atoms with Crippen molar-refractivity contribution in [3.63, 3.8) is 0 Å². The summed E-state index contributed by atoms with van der Waals surface area (Å²) >= 11 is 0. The minimum absolute atomic E-state index is 0.579. The minimum atomic E-state index is 0.579. The van der Waals surface area contributed by atoms with Crippen LogP contribution in [0.5, 0.6) is 0 Å². The summed E-state index contributed by atoms with van der Waals surface area (Å²) in [7, 11) is 0. The van der Waals surface area contributed by atoms with Crippen LogP contribution in [-0.2, 0) is 0 Å². The molecule has 1 aliphatic carbocycles. The van der Waals surface area contributed by atoms with Crippen molar-refractivity contribution in [1.82, 2.24) is 4.90 Å². The maximum absolute atomic E-state index is 8.62. The van der Waals surface area contributed by atoms with E-state index in [4.69, 9.17) is 5.26 Å². The van der Waals surface area contributed by atoms with Crippen molar-refractivity contribution in [3.05, 3.63) is 0 Å². The minimum Gasteiger partial charge on any atom is -0.310 e. The Hall–Kier alpha value is -0.710. The lowest BCUT2D eigenvalue weighted by Crippen LogP contribution is -2.13. The summed E-state index contributed by atoms with van der Waals surface area (Å²) < 4.78 is 0. The number of rotatable bonds is 0. The fourth-order valence-corrected chi connectivity index (χ4v) is 2.01. The molecule has 0 radical (unpaired) electrons. The molecule has 2 fully saturated rings. The van der Waals surface area contributed by atoms with E-state index in [1.165, 1.54) is 12.8 Å². The third kappa shape index (κ3) is 0.636. The smallest absolute Gasteiger partial charge is 0.179 e. The molecule has 0 N–H and O–H groups in total. The first-order valence-electron chi connectivity index (χ1n) is 3.91. The van der Waals surface area contributed by atoms with Crippen molar-refractivity contribution in [1.29, 1.82) is 5.26 Å². The van der Waals surface area contributed by atoms with Gasteiger partial charge < -0.3 is 4.90 Å². The second-order valence-electron chi connectivity index (χ2n) is 3.74. The molecular formula is C8H12N2. The highest BCUT2D eigenvalue weighted by Gasteiger charge is 2.52. The van der Waals surface area contributed by atoms with Crippen LogP contribution in [0.4, 0.5) is 0 Å². The van der Waals surface area contributed by atoms with Gasteiger partial charge in [0.25, 0.3) is 0 Å². The molecule has 1 aliphatic heterocycles. The third-order valence-electron chi connectivity index (χ3n) is 3.08. The molecule has 54 valence electrons. The molecule has 0 bridgehead atoms. The van der Waals surface area contributed by atoms with Crippen molar-refractivity contribution >= 4 is 0 Å². The Balaban J connectivity index is 2.10. The fraction of sp³-hybridized carbons (Fsp3) is 0.875. The number of nitrogens with zero attached hydrogens (tertiary/aromatic N) is 2. The highest BCUT2D eigenvalue weighted by Crippen LogP contribution is 2.55. The van der Waals surface area contributed by atoms with Gasteiger partial charge in [0, 0.05) is 13.1 Å². The predicted molar refractivity (Wildman–Crippen MR) is 38.0 cm³/mol. The normalized spacial score (nSPS) is 34.4. The summed E-state index contributed by atoms with van der Waals surface area (Å²) in [6.07, 6.45) is 4.93. The molecule has 2 nitrogen and oxygen atoms in total. The fourth-order valence-electron chi connectivity index (χ4n) is 2.01. The molecule has 1 saturated carbocycles. The Bertz CT molecular complexity index is 188. The van der Waals surface area contributed by atoms with Gasteiger partial charge in [-0.25, -0.2) is 0 Å². The van der Waals surface area contributed by atoms with E-state index in [-0.39, 0.29) is 0 Å². The predicted octanol–water partition coefficient (Wildman–Crippen LogP) is 1.20. The van der Waals surface area contributed by atoms with E-state index in [1.807, 2.05) is 4.90 Å². The standard InChI is InChI=1S/C8H12N2/c1-7-4-10(6-9)5-8(7)2-3-8/h7H,2-5H2,1H3. The van der Waals surface area contributed by atoms with Gasteiger partial charge in [-0.15, -0.1) is 0 Å². The summed E-state index contributed by atoms with van der Waals surface area (Å²) in [6.45, 7) is 4.30. The SMILES string of the molecule is CC1CN(C#N)CC12CC2. The van der Waals surface area contributed by atoms with Gasteiger partial charge in [-0.2, -0.15) is 5.26 Å². The second kappa shape index (κ2) is 1.66. The number of hydrogen-bond donors (Lipinski definition) is 0. The summed E-state index contributed by atoms with van der Waals surface area (Å²) in [6, 6.07) is 0. The van der Waals surface area contributed by atoms with Crippen LogP contribution in [0, 0.1) is 22.8 Å². The van der Waals surface area contributed by atoms with E-state index in [1.54, 1.807) is 0 Å². The summed E-state index contributed by atoms with van der Waals surface area (Å²) in [5.41, 5.74) is 0.579. The van der Waals surface area contributed by atoms with E-state index in [2.05, 4.69) is 13.1 Å². The maximum atomic E-state index is 8.62. The molecule has 2 heteroatoms. The van der Waals surface area contributed by atoms with Crippen LogP contribution in [0.3, 0.4) is 0 Å². The molecule has 1 unspecified atom stereocenters. The largest absolute Gasteiger partial charge is 0.310 e. The second-order valence-corrected chi connectivity index (χ2v) is 3.74. The molecule has 1 saturated heterocycles. The number of likely N-dealkylation sites (tertiary alicyclic amines) is 1. The van der Waals surface area contributed by atoms with Crippen LogP contribution in [0.1, 0.15) is 19.8 Å². The van der Waals surface area contributed by atoms with Crippen molar-refractivity contribution in [2.45, 2.75) is 19.8 Å². The van der Waals surface area contributed by atoms with E-state index >= 15 is 0 Å². The molecule has 10 heavy (non-hydrogen) atoms. The highest BCUT2D eigenvalue weighted by atomic mass is 15.2. The molecule has 1 spiro atoms. The van der Waals surface area contributed by atoms with Gasteiger partial charge in [0.1, 0.15) is 0 Å². The zero-order valence-electron chi connectivity index (χ0n) is 6.30. The van der Waals surface area contributed by atoms with Crippen LogP contribution in [0.15, 0.2) is 0 Å². The molecule has 0 aromatic heterocycles. The van der Waals surface area contributed by atoms with Crippen LogP contribution in [0.2, 0.25) is 0 Å². The zero-order valence-corrected chi connectivity index (χ0v) is 6.30. The zero-order chi connectivity index (χ0) is 7.19. The van der Waals surface area contributed by atoms with Gasteiger partial charge in [-0.3, -0.25) is 0 Å². The number of nitriles is 1. The number of hydrogen-bond acceptors (Lipinski definition) is 2. The summed E-state index contributed by atoms with van der Waals surface area (Å²) in [5.74, 6) is 0.757. The maximum Gasteiger partial charge on any atom is 0.179 e. The van der Waals surface area contributed by atoms with Crippen molar-refractivity contribution in [3.8, 4) is 6.19 Å². The molecule has 1 atom stereocenters. The van der Waals surface area contributed by atoms with Crippen LogP contribution < -0.4 is 0 Å². The van der Waals surface area contributed by atoms with Gasteiger partial charge in [-0.05, 0) is 24.2 Å². The molecular weight excluding hydrogens is 124 g/mol. The molecule has 2 aliphatic rings. The first-order valence-corrected chi connectivity index (χ1v) is 3.91.